The first kappa shape index (κ1) is 11.0. The lowest BCUT2D eigenvalue weighted by atomic mass is 10.3. The zero-order valence-electron chi connectivity index (χ0n) is 8.52. The third-order valence-corrected chi connectivity index (χ3v) is 1.68. The van der Waals surface area contributed by atoms with Crippen molar-refractivity contribution in [3.8, 4) is 5.75 Å². The molecule has 0 saturated carbocycles. The summed E-state index contributed by atoms with van der Waals surface area (Å²) in [5.74, 6) is 1.35. The zero-order chi connectivity index (χ0) is 11.1. The molecule has 1 aromatic rings. The maximum Gasteiger partial charge on any atom is 0.131 e. The van der Waals surface area contributed by atoms with Crippen molar-refractivity contribution < 1.29 is 4.74 Å². The lowest BCUT2D eigenvalue weighted by molar-refractivity contribution is 0.444. The average molecular weight is 199 g/mol. The fourth-order valence-corrected chi connectivity index (χ4v) is 0.999. The molecule has 1 heterocycles. The van der Waals surface area contributed by atoms with E-state index in [2.05, 4.69) is 24.7 Å². The van der Waals surface area contributed by atoms with Crippen LogP contribution in [0, 0.1) is 0 Å². The van der Waals surface area contributed by atoms with Gasteiger partial charge in [-0.15, -0.1) is 0 Å². The van der Waals surface area contributed by atoms with Gasteiger partial charge in [0.1, 0.15) is 11.5 Å². The van der Waals surface area contributed by atoms with Gasteiger partial charge < -0.3 is 4.74 Å². The standard InChI is InChI=1S/C13H13NO/c1-4-7-12(6-3)15-13-8-9-14-11(5-2)10-13/h4-10H,1-3H2/b12-7+. The highest BCUT2D eigenvalue weighted by Gasteiger charge is 1.97. The quantitative estimate of drug-likeness (QED) is 0.536. The van der Waals surface area contributed by atoms with Gasteiger partial charge in [-0.2, -0.15) is 0 Å². The van der Waals surface area contributed by atoms with Crippen molar-refractivity contribution in [1.29, 1.82) is 0 Å². The van der Waals surface area contributed by atoms with Gasteiger partial charge in [-0.05, 0) is 24.3 Å². The van der Waals surface area contributed by atoms with Gasteiger partial charge >= 0.3 is 0 Å². The highest BCUT2D eigenvalue weighted by atomic mass is 16.5. The van der Waals surface area contributed by atoms with Crippen LogP contribution in [0.4, 0.5) is 0 Å². The lowest BCUT2D eigenvalue weighted by Crippen LogP contribution is -1.92. The van der Waals surface area contributed by atoms with E-state index in [9.17, 15) is 0 Å². The number of aromatic nitrogens is 1. The van der Waals surface area contributed by atoms with Gasteiger partial charge in [-0.3, -0.25) is 4.98 Å². The molecule has 0 unspecified atom stereocenters. The minimum atomic E-state index is 0.645. The lowest BCUT2D eigenvalue weighted by Gasteiger charge is -2.05. The van der Waals surface area contributed by atoms with Crippen molar-refractivity contribution in [2.45, 2.75) is 0 Å². The number of hydrogen-bond donors (Lipinski definition) is 0. The van der Waals surface area contributed by atoms with Crippen molar-refractivity contribution in [2.24, 2.45) is 0 Å². The molecule has 0 saturated heterocycles. The summed E-state index contributed by atoms with van der Waals surface area (Å²) in [5.41, 5.74) is 0.773. The van der Waals surface area contributed by atoms with Crippen LogP contribution in [-0.2, 0) is 0 Å². The summed E-state index contributed by atoms with van der Waals surface area (Å²) in [7, 11) is 0. The minimum Gasteiger partial charge on any atom is -0.457 e. The smallest absolute Gasteiger partial charge is 0.131 e. The average Bonchev–Trinajstić information content (AvgIpc) is 2.29. The molecule has 0 radical (unpaired) electrons. The van der Waals surface area contributed by atoms with E-state index in [0.717, 1.165) is 5.69 Å². The highest BCUT2D eigenvalue weighted by Crippen LogP contribution is 2.15. The molecule has 0 aliphatic rings. The monoisotopic (exact) mass is 199 g/mol. The van der Waals surface area contributed by atoms with Crippen LogP contribution in [0.5, 0.6) is 5.75 Å². The molecule has 0 fully saturated rings. The Hall–Kier alpha value is -2.09. The first-order chi connectivity index (χ1) is 7.30. The van der Waals surface area contributed by atoms with E-state index in [-0.39, 0.29) is 0 Å². The second-order valence-corrected chi connectivity index (χ2v) is 2.73. The van der Waals surface area contributed by atoms with E-state index in [4.69, 9.17) is 4.74 Å². The minimum absolute atomic E-state index is 0.645. The van der Waals surface area contributed by atoms with Crippen LogP contribution < -0.4 is 4.74 Å². The summed E-state index contributed by atoms with van der Waals surface area (Å²) in [6.45, 7) is 10.9. The van der Waals surface area contributed by atoms with Gasteiger partial charge in [0.25, 0.3) is 0 Å². The second-order valence-electron chi connectivity index (χ2n) is 2.73. The van der Waals surface area contributed by atoms with Crippen molar-refractivity contribution in [3.63, 3.8) is 0 Å². The number of ether oxygens (including phenoxy) is 1. The molecule has 2 nitrogen and oxygen atoms in total. The first-order valence-electron chi connectivity index (χ1n) is 4.51. The van der Waals surface area contributed by atoms with Crippen LogP contribution in [-0.4, -0.2) is 4.98 Å². The zero-order valence-corrected chi connectivity index (χ0v) is 8.52. The van der Waals surface area contributed by atoms with Gasteiger partial charge in [0, 0.05) is 12.3 Å². The fourth-order valence-electron chi connectivity index (χ4n) is 0.999. The van der Waals surface area contributed by atoms with Crippen molar-refractivity contribution in [3.05, 3.63) is 67.7 Å². The second kappa shape index (κ2) is 5.60. The predicted octanol–water partition coefficient (Wildman–Crippen LogP) is 3.36. The molecule has 15 heavy (non-hydrogen) atoms. The normalized spacial score (nSPS) is 10.5. The SMILES string of the molecule is C=C/C=C(\C=C)Oc1ccnc(C=C)c1. The number of nitrogens with zero attached hydrogens (tertiary/aromatic N) is 1. The van der Waals surface area contributed by atoms with E-state index in [1.165, 1.54) is 0 Å². The molecule has 0 spiro atoms. The van der Waals surface area contributed by atoms with Crippen LogP contribution in [0.25, 0.3) is 6.08 Å². The molecule has 76 valence electrons. The Labute approximate surface area is 89.9 Å². The van der Waals surface area contributed by atoms with Crippen LogP contribution in [0.2, 0.25) is 0 Å². The number of rotatable bonds is 5. The summed E-state index contributed by atoms with van der Waals surface area (Å²) < 4.78 is 5.53. The van der Waals surface area contributed by atoms with Gasteiger partial charge in [-0.1, -0.05) is 25.8 Å². The summed E-state index contributed by atoms with van der Waals surface area (Å²) in [6.07, 6.45) is 8.34. The Morgan fingerprint density at radius 2 is 2.13 bits per heavy atom. The summed E-state index contributed by atoms with van der Waals surface area (Å²) in [4.78, 5) is 4.07. The predicted molar refractivity (Wildman–Crippen MR) is 63.4 cm³/mol. The molecule has 0 atom stereocenters. The van der Waals surface area contributed by atoms with Gasteiger partial charge in [0.05, 0.1) is 5.69 Å². The molecule has 0 amide bonds. The molecule has 0 aromatic carbocycles. The third kappa shape index (κ3) is 3.27. The molecule has 0 bridgehead atoms. The maximum atomic E-state index is 5.53. The van der Waals surface area contributed by atoms with Gasteiger partial charge in [0.2, 0.25) is 0 Å². The molecular weight excluding hydrogens is 186 g/mol. The van der Waals surface area contributed by atoms with Crippen LogP contribution in [0.15, 0.2) is 62.1 Å². The largest absolute Gasteiger partial charge is 0.457 e. The Kier molecular flexibility index (Phi) is 4.10. The number of hydrogen-bond acceptors (Lipinski definition) is 2. The van der Waals surface area contributed by atoms with Crippen LogP contribution in [0.1, 0.15) is 5.69 Å². The molecule has 1 aromatic heterocycles. The fraction of sp³-hybridized carbons (Fsp3) is 0. The first-order valence-corrected chi connectivity index (χ1v) is 4.51. The van der Waals surface area contributed by atoms with Gasteiger partial charge in [0.15, 0.2) is 0 Å². The highest BCUT2D eigenvalue weighted by molar-refractivity contribution is 5.44. The van der Waals surface area contributed by atoms with Crippen LogP contribution in [0.3, 0.4) is 0 Å². The van der Waals surface area contributed by atoms with Crippen molar-refractivity contribution in [1.82, 2.24) is 4.98 Å². The maximum absolute atomic E-state index is 5.53. The van der Waals surface area contributed by atoms with Crippen LogP contribution >= 0.6 is 0 Å². The molecular formula is C13H13NO. The molecule has 1 rings (SSSR count). The van der Waals surface area contributed by atoms with E-state index in [1.54, 1.807) is 42.6 Å². The van der Waals surface area contributed by atoms with E-state index in [1.807, 2.05) is 0 Å². The van der Waals surface area contributed by atoms with E-state index < -0.39 is 0 Å². The Balaban J connectivity index is 2.87. The van der Waals surface area contributed by atoms with Gasteiger partial charge in [-0.25, -0.2) is 0 Å². The Morgan fingerprint density at radius 1 is 1.33 bits per heavy atom. The summed E-state index contributed by atoms with van der Waals surface area (Å²) >= 11 is 0. The molecule has 0 aliphatic heterocycles. The summed E-state index contributed by atoms with van der Waals surface area (Å²) in [5, 5.41) is 0. The Bertz CT molecular complexity index is 405. The number of allylic oxidation sites excluding steroid dienone is 3. The summed E-state index contributed by atoms with van der Waals surface area (Å²) in [6, 6.07) is 3.57. The number of pyridine rings is 1. The van der Waals surface area contributed by atoms with E-state index >= 15 is 0 Å². The van der Waals surface area contributed by atoms with Crippen molar-refractivity contribution in [2.75, 3.05) is 0 Å². The molecule has 2 heteroatoms. The van der Waals surface area contributed by atoms with E-state index in [0.29, 0.717) is 11.5 Å². The topological polar surface area (TPSA) is 22.1 Å². The third-order valence-electron chi connectivity index (χ3n) is 1.68. The molecule has 0 aliphatic carbocycles. The molecule has 0 N–H and O–H groups in total. The van der Waals surface area contributed by atoms with Crippen molar-refractivity contribution >= 4 is 6.08 Å². The Morgan fingerprint density at radius 3 is 2.73 bits per heavy atom.